The minimum Gasteiger partial charge on any atom is -0.359 e. The molecule has 0 aliphatic carbocycles. The molecule has 2 heterocycles. The fourth-order valence-corrected chi connectivity index (χ4v) is 2.73. The van der Waals surface area contributed by atoms with Crippen molar-refractivity contribution in [2.45, 2.75) is 13.0 Å². The maximum Gasteiger partial charge on any atom is 0.156 e. The van der Waals surface area contributed by atoms with Crippen molar-refractivity contribution in [2.75, 3.05) is 5.88 Å². The zero-order valence-electron chi connectivity index (χ0n) is 10.0. The number of hydrogen-bond donors (Lipinski definition) is 0. The number of alkyl halides is 1. The van der Waals surface area contributed by atoms with Crippen LogP contribution in [0.3, 0.4) is 0 Å². The number of aryl methyl sites for hydroxylation is 1. The van der Waals surface area contributed by atoms with E-state index in [9.17, 15) is 0 Å². The van der Waals surface area contributed by atoms with E-state index in [0.717, 1.165) is 29.0 Å². The maximum atomic E-state index is 5.86. The number of imidazole rings is 1. The predicted octanol–water partition coefficient (Wildman–Crippen LogP) is 3.46. The van der Waals surface area contributed by atoms with Gasteiger partial charge in [-0.15, -0.1) is 11.6 Å². The van der Waals surface area contributed by atoms with Crippen molar-refractivity contribution in [1.82, 2.24) is 14.7 Å². The van der Waals surface area contributed by atoms with Gasteiger partial charge in [0.25, 0.3) is 0 Å². The van der Waals surface area contributed by atoms with Gasteiger partial charge in [0.15, 0.2) is 5.76 Å². The van der Waals surface area contributed by atoms with E-state index in [0.29, 0.717) is 12.4 Å². The van der Waals surface area contributed by atoms with Gasteiger partial charge in [0, 0.05) is 21.9 Å². The molecule has 0 aliphatic heterocycles. The lowest BCUT2D eigenvalue weighted by Crippen LogP contribution is -2.05. The Labute approximate surface area is 128 Å². The molecule has 0 N–H and O–H groups in total. The third-order valence-electron chi connectivity index (χ3n) is 2.91. The van der Waals surface area contributed by atoms with Crippen LogP contribution in [0.25, 0.3) is 11.0 Å². The SMILES string of the molecule is ClCCc1nc2cc(I)ccc2n1Cc1ccno1. The summed E-state index contributed by atoms with van der Waals surface area (Å²) in [7, 11) is 0. The normalized spacial score (nSPS) is 11.3. The molecular formula is C13H11ClIN3O. The molecule has 0 unspecified atom stereocenters. The van der Waals surface area contributed by atoms with Crippen molar-refractivity contribution in [3.8, 4) is 0 Å². The average molecular weight is 388 g/mol. The van der Waals surface area contributed by atoms with Crippen LogP contribution in [0.2, 0.25) is 0 Å². The van der Waals surface area contributed by atoms with Crippen molar-refractivity contribution < 1.29 is 4.52 Å². The molecule has 0 spiro atoms. The van der Waals surface area contributed by atoms with Crippen LogP contribution in [0.4, 0.5) is 0 Å². The zero-order chi connectivity index (χ0) is 13.2. The highest BCUT2D eigenvalue weighted by atomic mass is 127. The summed E-state index contributed by atoms with van der Waals surface area (Å²) in [5.74, 6) is 2.34. The zero-order valence-corrected chi connectivity index (χ0v) is 12.9. The summed E-state index contributed by atoms with van der Waals surface area (Å²) in [6, 6.07) is 8.09. The lowest BCUT2D eigenvalue weighted by molar-refractivity contribution is 0.376. The number of benzene rings is 1. The monoisotopic (exact) mass is 387 g/mol. The third kappa shape index (κ3) is 2.62. The summed E-state index contributed by atoms with van der Waals surface area (Å²) in [6.07, 6.45) is 2.39. The van der Waals surface area contributed by atoms with Gasteiger partial charge in [0.1, 0.15) is 5.82 Å². The molecule has 0 aliphatic rings. The highest BCUT2D eigenvalue weighted by molar-refractivity contribution is 14.1. The van der Waals surface area contributed by atoms with Gasteiger partial charge in [-0.25, -0.2) is 4.98 Å². The van der Waals surface area contributed by atoms with Crippen LogP contribution in [-0.2, 0) is 13.0 Å². The van der Waals surface area contributed by atoms with Crippen LogP contribution < -0.4 is 0 Å². The Morgan fingerprint density at radius 3 is 2.95 bits per heavy atom. The summed E-state index contributed by atoms with van der Waals surface area (Å²) in [6.45, 7) is 0.628. The van der Waals surface area contributed by atoms with E-state index < -0.39 is 0 Å². The summed E-state index contributed by atoms with van der Waals surface area (Å²) in [5.41, 5.74) is 2.09. The van der Waals surface area contributed by atoms with Crippen LogP contribution in [0.15, 0.2) is 35.0 Å². The smallest absolute Gasteiger partial charge is 0.156 e. The molecule has 0 saturated carbocycles. The van der Waals surface area contributed by atoms with Crippen LogP contribution in [0.1, 0.15) is 11.6 Å². The molecule has 98 valence electrons. The van der Waals surface area contributed by atoms with Gasteiger partial charge in [-0.05, 0) is 40.8 Å². The largest absolute Gasteiger partial charge is 0.359 e. The molecule has 19 heavy (non-hydrogen) atoms. The molecule has 0 radical (unpaired) electrons. The van der Waals surface area contributed by atoms with Gasteiger partial charge in [-0.3, -0.25) is 0 Å². The molecule has 1 aromatic carbocycles. The number of fused-ring (bicyclic) bond motifs is 1. The first-order chi connectivity index (χ1) is 9.28. The first-order valence-corrected chi connectivity index (χ1v) is 7.49. The van der Waals surface area contributed by atoms with Crippen molar-refractivity contribution >= 4 is 45.2 Å². The van der Waals surface area contributed by atoms with E-state index >= 15 is 0 Å². The molecule has 0 amide bonds. The fraction of sp³-hybridized carbons (Fsp3) is 0.231. The van der Waals surface area contributed by atoms with Gasteiger partial charge < -0.3 is 9.09 Å². The minimum atomic E-state index is 0.552. The summed E-state index contributed by atoms with van der Waals surface area (Å²) < 4.78 is 8.49. The van der Waals surface area contributed by atoms with Crippen molar-refractivity contribution in [1.29, 1.82) is 0 Å². The quantitative estimate of drug-likeness (QED) is 0.509. The summed E-state index contributed by atoms with van der Waals surface area (Å²) in [4.78, 5) is 4.66. The molecule has 6 heteroatoms. The van der Waals surface area contributed by atoms with E-state index in [1.54, 1.807) is 6.20 Å². The van der Waals surface area contributed by atoms with E-state index in [1.165, 1.54) is 3.57 Å². The Morgan fingerprint density at radius 1 is 1.32 bits per heavy atom. The average Bonchev–Trinajstić information content (AvgIpc) is 2.99. The van der Waals surface area contributed by atoms with Crippen molar-refractivity contribution in [2.24, 2.45) is 0 Å². The number of rotatable bonds is 4. The second kappa shape index (κ2) is 5.50. The van der Waals surface area contributed by atoms with Gasteiger partial charge in [0.05, 0.1) is 23.8 Å². The van der Waals surface area contributed by atoms with Gasteiger partial charge in [-0.2, -0.15) is 0 Å². The molecule has 3 aromatic rings. The number of halogens is 2. The molecule has 0 bridgehead atoms. The second-order valence-electron chi connectivity index (χ2n) is 4.16. The van der Waals surface area contributed by atoms with Crippen LogP contribution >= 0.6 is 34.2 Å². The maximum absolute atomic E-state index is 5.86. The van der Waals surface area contributed by atoms with E-state index in [2.05, 4.69) is 55.5 Å². The number of aromatic nitrogens is 3. The second-order valence-corrected chi connectivity index (χ2v) is 5.79. The Kier molecular flexibility index (Phi) is 3.74. The van der Waals surface area contributed by atoms with Crippen molar-refractivity contribution in [3.63, 3.8) is 0 Å². The molecular weight excluding hydrogens is 377 g/mol. The molecule has 0 atom stereocenters. The number of nitrogens with zero attached hydrogens (tertiary/aromatic N) is 3. The van der Waals surface area contributed by atoms with Crippen LogP contribution in [0.5, 0.6) is 0 Å². The molecule has 2 aromatic heterocycles. The third-order valence-corrected chi connectivity index (χ3v) is 3.77. The Morgan fingerprint density at radius 2 is 2.21 bits per heavy atom. The first kappa shape index (κ1) is 12.9. The standard InChI is InChI=1S/C13H11ClIN3O/c14-5-3-13-17-11-7-9(15)1-2-12(11)18(13)8-10-4-6-16-19-10/h1-2,4,6-7H,3,5,8H2. The summed E-state index contributed by atoms with van der Waals surface area (Å²) >= 11 is 8.15. The van der Waals surface area contributed by atoms with Crippen LogP contribution in [0, 0.1) is 3.57 Å². The van der Waals surface area contributed by atoms with Crippen LogP contribution in [-0.4, -0.2) is 20.6 Å². The van der Waals surface area contributed by atoms with E-state index in [4.69, 9.17) is 16.1 Å². The topological polar surface area (TPSA) is 43.9 Å². The molecule has 0 fully saturated rings. The first-order valence-electron chi connectivity index (χ1n) is 5.88. The molecule has 0 saturated heterocycles. The Bertz CT molecular complexity index is 693. The Balaban J connectivity index is 2.10. The van der Waals surface area contributed by atoms with Gasteiger partial charge >= 0.3 is 0 Å². The highest BCUT2D eigenvalue weighted by Crippen LogP contribution is 2.21. The van der Waals surface area contributed by atoms with E-state index in [-0.39, 0.29) is 0 Å². The van der Waals surface area contributed by atoms with Gasteiger partial charge in [0.2, 0.25) is 0 Å². The fourth-order valence-electron chi connectivity index (χ4n) is 2.08. The summed E-state index contributed by atoms with van der Waals surface area (Å²) in [5, 5.41) is 3.74. The highest BCUT2D eigenvalue weighted by Gasteiger charge is 2.12. The number of hydrogen-bond acceptors (Lipinski definition) is 3. The molecule has 3 rings (SSSR count). The molecule has 4 nitrogen and oxygen atoms in total. The minimum absolute atomic E-state index is 0.552. The lowest BCUT2D eigenvalue weighted by atomic mass is 10.3. The van der Waals surface area contributed by atoms with E-state index in [1.807, 2.05) is 6.07 Å². The lowest BCUT2D eigenvalue weighted by Gasteiger charge is -2.05. The predicted molar refractivity (Wildman–Crippen MR) is 82.5 cm³/mol. The van der Waals surface area contributed by atoms with Crippen molar-refractivity contribution in [3.05, 3.63) is 45.6 Å². The Hall–Kier alpha value is -1.08. The van der Waals surface area contributed by atoms with Gasteiger partial charge in [-0.1, -0.05) is 5.16 Å².